The average molecular weight is 334 g/mol. The summed E-state index contributed by atoms with van der Waals surface area (Å²) < 4.78 is 7.38. The molecule has 0 unspecified atom stereocenters. The molecule has 0 N–H and O–H groups in total. The van der Waals surface area contributed by atoms with E-state index in [9.17, 15) is 4.79 Å². The van der Waals surface area contributed by atoms with Crippen molar-refractivity contribution in [3.63, 3.8) is 0 Å². The van der Waals surface area contributed by atoms with E-state index in [2.05, 4.69) is 21.8 Å². The molecule has 6 heteroatoms. The largest absolute Gasteiger partial charge is 0.379 e. The van der Waals surface area contributed by atoms with E-state index in [1.54, 1.807) is 0 Å². The lowest BCUT2D eigenvalue weighted by atomic mass is 9.99. The minimum absolute atomic E-state index is 0.169. The molecule has 1 amide bonds. The Bertz CT molecular complexity index is 578. The second-order valence-electron chi connectivity index (χ2n) is 6.92. The topological polar surface area (TPSA) is 50.6 Å². The van der Waals surface area contributed by atoms with Gasteiger partial charge in [-0.25, -0.2) is 0 Å². The van der Waals surface area contributed by atoms with E-state index in [4.69, 9.17) is 4.74 Å². The van der Waals surface area contributed by atoms with E-state index < -0.39 is 0 Å². The van der Waals surface area contributed by atoms with Crippen LogP contribution in [-0.2, 0) is 11.3 Å². The highest BCUT2D eigenvalue weighted by Crippen LogP contribution is 2.24. The fourth-order valence-electron chi connectivity index (χ4n) is 4.00. The van der Waals surface area contributed by atoms with Crippen molar-refractivity contribution in [3.8, 4) is 0 Å². The number of hydrogen-bond acceptors (Lipinski definition) is 4. The molecule has 2 aliphatic heterocycles. The van der Waals surface area contributed by atoms with Crippen LogP contribution in [0.1, 0.15) is 47.9 Å². The van der Waals surface area contributed by atoms with Crippen LogP contribution in [0.15, 0.2) is 0 Å². The van der Waals surface area contributed by atoms with Gasteiger partial charge in [0.05, 0.1) is 24.5 Å². The number of aryl methyl sites for hydroxylation is 2. The molecule has 6 nitrogen and oxygen atoms in total. The maximum atomic E-state index is 13.3. The quantitative estimate of drug-likeness (QED) is 0.843. The molecule has 0 bridgehead atoms. The van der Waals surface area contributed by atoms with Crippen molar-refractivity contribution in [1.82, 2.24) is 19.6 Å². The van der Waals surface area contributed by atoms with Crippen molar-refractivity contribution in [3.05, 3.63) is 17.0 Å². The summed E-state index contributed by atoms with van der Waals surface area (Å²) >= 11 is 0. The molecule has 0 aromatic carbocycles. The minimum Gasteiger partial charge on any atom is -0.379 e. The van der Waals surface area contributed by atoms with E-state index in [1.807, 2.05) is 18.5 Å². The van der Waals surface area contributed by atoms with Gasteiger partial charge in [0.15, 0.2) is 0 Å². The Morgan fingerprint density at radius 1 is 1.21 bits per heavy atom. The minimum atomic E-state index is 0.169. The summed E-state index contributed by atoms with van der Waals surface area (Å²) in [5.74, 6) is 0.169. The van der Waals surface area contributed by atoms with Crippen LogP contribution in [0.5, 0.6) is 0 Å². The highest BCUT2D eigenvalue weighted by atomic mass is 16.5. The zero-order chi connectivity index (χ0) is 17.1. The molecule has 2 saturated heterocycles. The molecule has 3 rings (SSSR count). The van der Waals surface area contributed by atoms with Crippen molar-refractivity contribution in [1.29, 1.82) is 0 Å². The Morgan fingerprint density at radius 3 is 2.62 bits per heavy atom. The molecule has 0 aliphatic carbocycles. The maximum Gasteiger partial charge on any atom is 0.257 e. The van der Waals surface area contributed by atoms with Crippen LogP contribution < -0.4 is 0 Å². The molecule has 3 heterocycles. The van der Waals surface area contributed by atoms with E-state index in [1.165, 1.54) is 6.42 Å². The van der Waals surface area contributed by atoms with Crippen LogP contribution in [0.3, 0.4) is 0 Å². The molecule has 134 valence electrons. The average Bonchev–Trinajstić information content (AvgIpc) is 2.89. The van der Waals surface area contributed by atoms with Gasteiger partial charge < -0.3 is 9.64 Å². The lowest BCUT2D eigenvalue weighted by molar-refractivity contribution is 0.0166. The predicted octanol–water partition coefficient (Wildman–Crippen LogP) is 1.85. The first-order valence-electron chi connectivity index (χ1n) is 9.27. The zero-order valence-corrected chi connectivity index (χ0v) is 15.3. The summed E-state index contributed by atoms with van der Waals surface area (Å²) in [6, 6.07) is 0.313. The van der Waals surface area contributed by atoms with Gasteiger partial charge in [-0.15, -0.1) is 0 Å². The molecular formula is C18H30N4O2. The lowest BCUT2D eigenvalue weighted by Gasteiger charge is -2.39. The number of aromatic nitrogens is 2. The Labute approximate surface area is 144 Å². The van der Waals surface area contributed by atoms with Crippen molar-refractivity contribution in [2.75, 3.05) is 39.4 Å². The second-order valence-corrected chi connectivity index (χ2v) is 6.92. The highest BCUT2D eigenvalue weighted by Gasteiger charge is 2.32. The van der Waals surface area contributed by atoms with E-state index in [-0.39, 0.29) is 5.91 Å². The number of morpholine rings is 1. The first-order chi connectivity index (χ1) is 11.6. The van der Waals surface area contributed by atoms with Crippen LogP contribution >= 0.6 is 0 Å². The number of carbonyl (C=O) groups is 1. The van der Waals surface area contributed by atoms with Crippen LogP contribution in [-0.4, -0.2) is 70.9 Å². The summed E-state index contributed by atoms with van der Waals surface area (Å²) in [4.78, 5) is 17.8. The Kier molecular flexibility index (Phi) is 5.56. The summed E-state index contributed by atoms with van der Waals surface area (Å²) in [6.45, 7) is 12.2. The number of carbonyl (C=O) groups excluding carboxylic acids is 1. The molecule has 0 spiro atoms. The van der Waals surface area contributed by atoms with Crippen molar-refractivity contribution < 1.29 is 9.53 Å². The molecular weight excluding hydrogens is 304 g/mol. The molecule has 0 radical (unpaired) electrons. The summed E-state index contributed by atoms with van der Waals surface area (Å²) in [7, 11) is 0. The van der Waals surface area contributed by atoms with Crippen LogP contribution in [0, 0.1) is 13.8 Å². The summed E-state index contributed by atoms with van der Waals surface area (Å²) in [5, 5.41) is 4.53. The van der Waals surface area contributed by atoms with E-state index in [0.29, 0.717) is 6.04 Å². The van der Waals surface area contributed by atoms with Gasteiger partial charge in [0.2, 0.25) is 0 Å². The molecule has 2 aliphatic rings. The highest BCUT2D eigenvalue weighted by molar-refractivity contribution is 5.96. The SMILES string of the molecule is CCn1nc(C)c(C(=O)N2CCCC[C@@H]2CN2CCOCC2)c1C. The molecule has 2 fully saturated rings. The lowest BCUT2D eigenvalue weighted by Crippen LogP contribution is -2.51. The Morgan fingerprint density at radius 2 is 1.96 bits per heavy atom. The Balaban J connectivity index is 1.77. The van der Waals surface area contributed by atoms with E-state index in [0.717, 1.165) is 75.7 Å². The third kappa shape index (κ3) is 3.49. The van der Waals surface area contributed by atoms with Crippen molar-refractivity contribution in [2.24, 2.45) is 0 Å². The van der Waals surface area contributed by atoms with Crippen LogP contribution in [0.25, 0.3) is 0 Å². The normalized spacial score (nSPS) is 22.8. The fraction of sp³-hybridized carbons (Fsp3) is 0.778. The third-order valence-corrected chi connectivity index (χ3v) is 5.36. The number of likely N-dealkylation sites (tertiary alicyclic amines) is 1. The maximum absolute atomic E-state index is 13.3. The van der Waals surface area contributed by atoms with Gasteiger partial charge in [0.1, 0.15) is 0 Å². The third-order valence-electron chi connectivity index (χ3n) is 5.36. The zero-order valence-electron chi connectivity index (χ0n) is 15.3. The van der Waals surface area contributed by atoms with Crippen molar-refractivity contribution >= 4 is 5.91 Å². The standard InChI is InChI=1S/C18H30N4O2/c1-4-22-15(3)17(14(2)19-22)18(23)21-8-6-5-7-16(21)13-20-9-11-24-12-10-20/h16H,4-13H2,1-3H3/t16-/m1/s1. The van der Waals surface area contributed by atoms with Gasteiger partial charge >= 0.3 is 0 Å². The molecule has 1 aromatic rings. The van der Waals surface area contributed by atoms with Crippen LogP contribution in [0.4, 0.5) is 0 Å². The summed E-state index contributed by atoms with van der Waals surface area (Å²) in [6.07, 6.45) is 3.42. The van der Waals surface area contributed by atoms with Crippen LogP contribution in [0.2, 0.25) is 0 Å². The van der Waals surface area contributed by atoms with Gasteiger partial charge in [-0.2, -0.15) is 5.10 Å². The Hall–Kier alpha value is -1.40. The second kappa shape index (κ2) is 7.66. The number of rotatable bonds is 4. The number of hydrogen-bond donors (Lipinski definition) is 0. The predicted molar refractivity (Wildman–Crippen MR) is 93.3 cm³/mol. The van der Waals surface area contributed by atoms with Gasteiger partial charge in [-0.05, 0) is 40.0 Å². The molecule has 1 aromatic heterocycles. The van der Waals surface area contributed by atoms with Gasteiger partial charge in [-0.3, -0.25) is 14.4 Å². The number of amides is 1. The fourth-order valence-corrected chi connectivity index (χ4v) is 4.00. The summed E-state index contributed by atoms with van der Waals surface area (Å²) in [5.41, 5.74) is 2.66. The number of nitrogens with zero attached hydrogens (tertiary/aromatic N) is 4. The van der Waals surface area contributed by atoms with Crippen molar-refractivity contribution in [2.45, 2.75) is 52.6 Å². The monoisotopic (exact) mass is 334 g/mol. The number of ether oxygens (including phenoxy) is 1. The molecule has 24 heavy (non-hydrogen) atoms. The van der Waals surface area contributed by atoms with Gasteiger partial charge in [-0.1, -0.05) is 0 Å². The first-order valence-corrected chi connectivity index (χ1v) is 9.27. The van der Waals surface area contributed by atoms with Gasteiger partial charge in [0, 0.05) is 44.5 Å². The molecule has 0 saturated carbocycles. The van der Waals surface area contributed by atoms with Gasteiger partial charge in [0.25, 0.3) is 5.91 Å². The number of piperidine rings is 1. The molecule has 1 atom stereocenters. The first kappa shape index (κ1) is 17.4. The smallest absolute Gasteiger partial charge is 0.257 e. The van der Waals surface area contributed by atoms with E-state index >= 15 is 0 Å².